The van der Waals surface area contributed by atoms with Crippen LogP contribution < -0.4 is 24.8 Å². The third kappa shape index (κ3) is 5.84. The number of thiazole rings is 1. The molecule has 3 rings (SSSR count). The largest absolute Gasteiger partial charge is 0.434 e. The van der Waals surface area contributed by atoms with Crippen molar-refractivity contribution in [2.45, 2.75) is 40.2 Å². The molecule has 0 fully saturated rings. The number of aromatic nitrogens is 1. The second-order valence-electron chi connectivity index (χ2n) is 7.81. The summed E-state index contributed by atoms with van der Waals surface area (Å²) in [4.78, 5) is 26.5. The van der Waals surface area contributed by atoms with Crippen molar-refractivity contribution < 1.29 is 18.3 Å². The number of aryl methyl sites for hydroxylation is 2. The lowest BCUT2D eigenvalue weighted by atomic mass is 10.1. The summed E-state index contributed by atoms with van der Waals surface area (Å²) in [6.45, 7) is 3.02. The van der Waals surface area contributed by atoms with E-state index in [4.69, 9.17) is 0 Å². The Morgan fingerprint density at radius 2 is 1.89 bits per heavy atom. The van der Waals surface area contributed by atoms with Gasteiger partial charge in [-0.1, -0.05) is 49.7 Å². The Kier molecular flexibility index (Phi) is 8.55. The summed E-state index contributed by atoms with van der Waals surface area (Å²) in [5.41, 5.74) is 1.74. The molecular weight excluding hydrogens is 472 g/mol. The fourth-order valence-electron chi connectivity index (χ4n) is 3.62. The number of halogens is 2. The standard InChI is InChI=1S/C26H25F2N3O3S/c1-4-5-13-30-23(32)19(15-29)25-31(22-16(2)9-8-10-17(22)3)24(33)21(35-25)14-18-11-6-7-12-20(18)34-26(27)28/h6-12,14,26H,4-5,13H2,1-3H3,(H,30,32)/b21-14-,25-19-. The number of amides is 1. The lowest BCUT2D eigenvalue weighted by molar-refractivity contribution is -0.115. The molecule has 6 nitrogen and oxygen atoms in total. The summed E-state index contributed by atoms with van der Waals surface area (Å²) in [7, 11) is 0. The Bertz CT molecular complexity index is 1430. The fourth-order valence-corrected chi connectivity index (χ4v) is 4.70. The van der Waals surface area contributed by atoms with Crippen LogP contribution in [0.25, 0.3) is 17.3 Å². The average molecular weight is 498 g/mol. The SMILES string of the molecule is CCCCNC(=O)/C(C#N)=c1\s/c(=C\c2ccccc2OC(F)F)c(=O)n1-c1c(C)cccc1C. The number of carbonyl (C=O) groups is 1. The third-order valence-electron chi connectivity index (χ3n) is 5.28. The van der Waals surface area contributed by atoms with Crippen LogP contribution in [-0.2, 0) is 4.79 Å². The molecule has 0 aliphatic rings. The highest BCUT2D eigenvalue weighted by molar-refractivity contribution is 7.07. The summed E-state index contributed by atoms with van der Waals surface area (Å²) >= 11 is 0.952. The Morgan fingerprint density at radius 3 is 2.51 bits per heavy atom. The maximum absolute atomic E-state index is 13.6. The molecule has 0 atom stereocenters. The monoisotopic (exact) mass is 497 g/mol. The molecule has 0 saturated heterocycles. The lowest BCUT2D eigenvalue weighted by Gasteiger charge is -2.11. The molecule has 2 aromatic carbocycles. The van der Waals surface area contributed by atoms with Gasteiger partial charge in [0.15, 0.2) is 5.57 Å². The van der Waals surface area contributed by atoms with E-state index in [9.17, 15) is 23.6 Å². The van der Waals surface area contributed by atoms with Gasteiger partial charge in [0.1, 0.15) is 16.5 Å². The molecule has 0 saturated carbocycles. The topological polar surface area (TPSA) is 84.1 Å². The first kappa shape index (κ1) is 25.8. The normalized spacial score (nSPS) is 12.4. The van der Waals surface area contributed by atoms with Gasteiger partial charge in [-0.15, -0.1) is 11.3 Å². The van der Waals surface area contributed by atoms with Gasteiger partial charge in [0.25, 0.3) is 11.5 Å². The van der Waals surface area contributed by atoms with Crippen LogP contribution in [0.15, 0.2) is 47.3 Å². The van der Waals surface area contributed by atoms with Gasteiger partial charge in [0, 0.05) is 12.1 Å². The van der Waals surface area contributed by atoms with Crippen molar-refractivity contribution in [3.8, 4) is 17.5 Å². The van der Waals surface area contributed by atoms with Gasteiger partial charge in [0.05, 0.1) is 10.2 Å². The van der Waals surface area contributed by atoms with Crippen LogP contribution in [-0.4, -0.2) is 23.6 Å². The molecule has 0 radical (unpaired) electrons. The molecule has 35 heavy (non-hydrogen) atoms. The molecular formula is C26H25F2N3O3S. The van der Waals surface area contributed by atoms with Crippen LogP contribution >= 0.6 is 11.3 Å². The number of rotatable bonds is 8. The van der Waals surface area contributed by atoms with Crippen molar-refractivity contribution in [3.63, 3.8) is 0 Å². The maximum atomic E-state index is 13.6. The minimum Gasteiger partial charge on any atom is -0.434 e. The molecule has 0 bridgehead atoms. The summed E-state index contributed by atoms with van der Waals surface area (Å²) < 4.78 is 32.0. The van der Waals surface area contributed by atoms with E-state index < -0.39 is 18.1 Å². The predicted molar refractivity (Wildman–Crippen MR) is 132 cm³/mol. The Hall–Kier alpha value is -3.77. The Balaban J connectivity index is 2.37. The van der Waals surface area contributed by atoms with Gasteiger partial charge >= 0.3 is 6.61 Å². The molecule has 3 aromatic rings. The molecule has 0 aliphatic heterocycles. The zero-order chi connectivity index (χ0) is 25.5. The average Bonchev–Trinajstić information content (AvgIpc) is 3.11. The molecule has 1 heterocycles. The summed E-state index contributed by atoms with van der Waals surface area (Å²) in [6, 6.07) is 13.6. The van der Waals surface area contributed by atoms with Gasteiger partial charge in [-0.05, 0) is 43.5 Å². The Morgan fingerprint density at radius 1 is 1.20 bits per heavy atom. The summed E-state index contributed by atoms with van der Waals surface area (Å²) in [5, 5.41) is 12.6. The molecule has 0 spiro atoms. The third-order valence-corrected chi connectivity index (χ3v) is 6.37. The van der Waals surface area contributed by atoms with Gasteiger partial charge in [-0.3, -0.25) is 14.2 Å². The van der Waals surface area contributed by atoms with Crippen molar-refractivity contribution in [1.82, 2.24) is 9.88 Å². The van der Waals surface area contributed by atoms with Gasteiger partial charge in [-0.2, -0.15) is 14.0 Å². The molecule has 1 N–H and O–H groups in total. The van der Waals surface area contributed by atoms with E-state index in [1.807, 2.05) is 45.0 Å². The zero-order valence-corrected chi connectivity index (χ0v) is 20.4. The van der Waals surface area contributed by atoms with Gasteiger partial charge < -0.3 is 10.1 Å². The fraction of sp³-hybridized carbons (Fsp3) is 0.269. The van der Waals surface area contributed by atoms with E-state index in [1.54, 1.807) is 18.2 Å². The minimum atomic E-state index is -3.03. The lowest BCUT2D eigenvalue weighted by Crippen LogP contribution is -2.34. The maximum Gasteiger partial charge on any atom is 0.387 e. The van der Waals surface area contributed by atoms with Crippen molar-refractivity contribution in [1.29, 1.82) is 5.26 Å². The van der Waals surface area contributed by atoms with Crippen LogP contribution in [0.3, 0.4) is 0 Å². The van der Waals surface area contributed by atoms with E-state index in [2.05, 4.69) is 10.1 Å². The molecule has 1 amide bonds. The van der Waals surface area contributed by atoms with E-state index in [0.717, 1.165) is 35.3 Å². The highest BCUT2D eigenvalue weighted by Crippen LogP contribution is 2.21. The Labute approximate surface area is 205 Å². The van der Waals surface area contributed by atoms with Crippen molar-refractivity contribution in [3.05, 3.63) is 78.7 Å². The van der Waals surface area contributed by atoms with Crippen LogP contribution in [0.1, 0.15) is 36.5 Å². The van der Waals surface area contributed by atoms with Crippen molar-refractivity contribution in [2.75, 3.05) is 6.54 Å². The van der Waals surface area contributed by atoms with Crippen LogP contribution in [0, 0.1) is 25.2 Å². The van der Waals surface area contributed by atoms with E-state index in [1.165, 1.54) is 16.7 Å². The summed E-state index contributed by atoms with van der Waals surface area (Å²) in [6.07, 6.45) is 3.05. The number of hydrogen-bond acceptors (Lipinski definition) is 5. The number of unbranched alkanes of at least 4 members (excludes halogenated alkanes) is 1. The highest BCUT2D eigenvalue weighted by atomic mass is 32.1. The quantitative estimate of drug-likeness (QED) is 0.483. The van der Waals surface area contributed by atoms with Crippen LogP contribution in [0.5, 0.6) is 5.75 Å². The first-order valence-electron chi connectivity index (χ1n) is 11.0. The number of nitrogens with zero attached hydrogens (tertiary/aromatic N) is 2. The number of alkyl halides is 2. The first-order chi connectivity index (χ1) is 16.8. The number of nitrogens with one attached hydrogen (secondary N) is 1. The van der Waals surface area contributed by atoms with Crippen LogP contribution in [0.2, 0.25) is 0 Å². The number of hydrogen-bond donors (Lipinski definition) is 1. The van der Waals surface area contributed by atoms with E-state index in [0.29, 0.717) is 12.2 Å². The zero-order valence-electron chi connectivity index (χ0n) is 19.6. The molecule has 182 valence electrons. The van der Waals surface area contributed by atoms with Crippen LogP contribution in [0.4, 0.5) is 8.78 Å². The summed E-state index contributed by atoms with van der Waals surface area (Å²) in [5.74, 6) is -0.660. The predicted octanol–water partition coefficient (Wildman–Crippen LogP) is 3.54. The number of para-hydroxylation sites is 2. The molecule has 0 unspecified atom stereocenters. The number of carbonyl (C=O) groups excluding carboxylic acids is 1. The minimum absolute atomic E-state index is 0.0859. The number of nitriles is 1. The second-order valence-corrected chi connectivity index (χ2v) is 8.84. The van der Waals surface area contributed by atoms with Gasteiger partial charge in [-0.25, -0.2) is 0 Å². The number of ether oxygens (including phenoxy) is 1. The van der Waals surface area contributed by atoms with E-state index >= 15 is 0 Å². The first-order valence-corrected chi connectivity index (χ1v) is 11.9. The second kappa shape index (κ2) is 11.6. The molecule has 9 heteroatoms. The number of benzene rings is 2. The van der Waals surface area contributed by atoms with Crippen molar-refractivity contribution >= 4 is 28.9 Å². The highest BCUT2D eigenvalue weighted by Gasteiger charge is 2.19. The van der Waals surface area contributed by atoms with E-state index in [-0.39, 0.29) is 26.1 Å². The molecule has 1 aromatic heterocycles. The smallest absolute Gasteiger partial charge is 0.387 e. The van der Waals surface area contributed by atoms with Crippen molar-refractivity contribution in [2.24, 2.45) is 0 Å². The molecule has 0 aliphatic carbocycles. The van der Waals surface area contributed by atoms with Gasteiger partial charge in [0.2, 0.25) is 0 Å².